The second-order valence-electron chi connectivity index (χ2n) is 2.44. The highest BCUT2D eigenvalue weighted by atomic mass is 79.9. The zero-order chi connectivity index (χ0) is 9.14. The monoisotopic (exact) mass is 265 g/mol. The van der Waals surface area contributed by atoms with Crippen LogP contribution in [0.15, 0.2) is 35.3 Å². The van der Waals surface area contributed by atoms with Gasteiger partial charge in [-0.05, 0) is 33.6 Å². The number of hydrogen-bond donors (Lipinski definition) is 1. The van der Waals surface area contributed by atoms with Gasteiger partial charge in [-0.25, -0.2) is 4.39 Å². The van der Waals surface area contributed by atoms with E-state index in [4.69, 9.17) is 5.73 Å². The van der Waals surface area contributed by atoms with Gasteiger partial charge in [-0.15, -0.1) is 19.0 Å². The number of nitrogens with two attached hydrogens (primary N) is 1. The third-order valence-electron chi connectivity index (χ3n) is 1.58. The SMILES string of the molecule is C=C[C@@H](N)c1ccc(F)c(Br)c1.Cl. The summed E-state index contributed by atoms with van der Waals surface area (Å²) in [4.78, 5) is 0. The largest absolute Gasteiger partial charge is 0.321 e. The molecule has 1 aromatic rings. The van der Waals surface area contributed by atoms with Crippen LogP contribution in [-0.4, -0.2) is 0 Å². The summed E-state index contributed by atoms with van der Waals surface area (Å²) in [6, 6.07) is 4.44. The molecule has 0 saturated heterocycles. The van der Waals surface area contributed by atoms with Crippen molar-refractivity contribution in [3.8, 4) is 0 Å². The molecule has 13 heavy (non-hydrogen) atoms. The van der Waals surface area contributed by atoms with Crippen LogP contribution < -0.4 is 5.73 Å². The van der Waals surface area contributed by atoms with Crippen molar-refractivity contribution in [1.82, 2.24) is 0 Å². The molecule has 0 heterocycles. The van der Waals surface area contributed by atoms with E-state index in [0.29, 0.717) is 4.47 Å². The van der Waals surface area contributed by atoms with E-state index in [0.717, 1.165) is 5.56 Å². The van der Waals surface area contributed by atoms with Gasteiger partial charge in [0, 0.05) is 6.04 Å². The summed E-state index contributed by atoms with van der Waals surface area (Å²) < 4.78 is 13.2. The highest BCUT2D eigenvalue weighted by Gasteiger charge is 2.04. The van der Waals surface area contributed by atoms with Crippen molar-refractivity contribution in [3.05, 3.63) is 46.7 Å². The summed E-state index contributed by atoms with van der Waals surface area (Å²) in [7, 11) is 0. The summed E-state index contributed by atoms with van der Waals surface area (Å²) >= 11 is 3.08. The Morgan fingerprint density at radius 1 is 1.54 bits per heavy atom. The van der Waals surface area contributed by atoms with Crippen LogP contribution in [0.4, 0.5) is 4.39 Å². The average Bonchev–Trinajstić information content (AvgIpc) is 2.08. The highest BCUT2D eigenvalue weighted by Crippen LogP contribution is 2.20. The predicted octanol–water partition coefficient (Wildman–Crippen LogP) is 3.20. The molecule has 1 aromatic carbocycles. The van der Waals surface area contributed by atoms with Gasteiger partial charge in [0.25, 0.3) is 0 Å². The van der Waals surface area contributed by atoms with E-state index < -0.39 is 0 Å². The Labute approximate surface area is 91.4 Å². The molecule has 72 valence electrons. The lowest BCUT2D eigenvalue weighted by molar-refractivity contribution is 0.619. The summed E-state index contributed by atoms with van der Waals surface area (Å²) in [5.41, 5.74) is 6.50. The van der Waals surface area contributed by atoms with Crippen molar-refractivity contribution in [2.45, 2.75) is 6.04 Å². The predicted molar refractivity (Wildman–Crippen MR) is 58.5 cm³/mol. The van der Waals surface area contributed by atoms with Crippen LogP contribution >= 0.6 is 28.3 Å². The molecule has 0 saturated carbocycles. The molecular weight excluding hydrogens is 256 g/mol. The molecule has 0 amide bonds. The molecule has 0 spiro atoms. The van der Waals surface area contributed by atoms with Crippen LogP contribution in [0.5, 0.6) is 0 Å². The van der Waals surface area contributed by atoms with Gasteiger partial charge >= 0.3 is 0 Å². The van der Waals surface area contributed by atoms with Crippen molar-refractivity contribution in [2.75, 3.05) is 0 Å². The summed E-state index contributed by atoms with van der Waals surface area (Å²) in [6.07, 6.45) is 1.61. The highest BCUT2D eigenvalue weighted by molar-refractivity contribution is 9.10. The van der Waals surface area contributed by atoms with E-state index in [1.54, 1.807) is 18.2 Å². The maximum Gasteiger partial charge on any atom is 0.137 e. The summed E-state index contributed by atoms with van der Waals surface area (Å²) in [5, 5.41) is 0. The minimum atomic E-state index is -0.282. The lowest BCUT2D eigenvalue weighted by Gasteiger charge is -2.06. The molecule has 0 aliphatic carbocycles. The van der Waals surface area contributed by atoms with E-state index in [2.05, 4.69) is 22.5 Å². The van der Waals surface area contributed by atoms with Crippen molar-refractivity contribution in [3.63, 3.8) is 0 Å². The fraction of sp³-hybridized carbons (Fsp3) is 0.111. The van der Waals surface area contributed by atoms with Crippen molar-refractivity contribution in [2.24, 2.45) is 5.73 Å². The molecule has 0 bridgehead atoms. The van der Waals surface area contributed by atoms with Crippen LogP contribution in [-0.2, 0) is 0 Å². The van der Waals surface area contributed by atoms with Crippen molar-refractivity contribution >= 4 is 28.3 Å². The van der Waals surface area contributed by atoms with E-state index in [9.17, 15) is 4.39 Å². The topological polar surface area (TPSA) is 26.0 Å². The fourth-order valence-corrected chi connectivity index (χ4v) is 1.25. The first kappa shape index (κ1) is 12.6. The molecule has 1 atom stereocenters. The van der Waals surface area contributed by atoms with Gasteiger partial charge in [-0.3, -0.25) is 0 Å². The molecule has 1 rings (SSSR count). The van der Waals surface area contributed by atoms with Gasteiger partial charge in [0.2, 0.25) is 0 Å². The Kier molecular flexibility index (Phi) is 5.21. The van der Waals surface area contributed by atoms with Gasteiger partial charge in [-0.1, -0.05) is 12.1 Å². The molecule has 4 heteroatoms. The number of benzene rings is 1. The molecule has 2 N–H and O–H groups in total. The van der Waals surface area contributed by atoms with Crippen LogP contribution in [0.2, 0.25) is 0 Å². The maximum atomic E-state index is 12.8. The smallest absolute Gasteiger partial charge is 0.137 e. The van der Waals surface area contributed by atoms with E-state index >= 15 is 0 Å². The second-order valence-corrected chi connectivity index (χ2v) is 3.29. The Balaban J connectivity index is 0.00000144. The molecule has 0 radical (unpaired) electrons. The zero-order valence-corrected chi connectivity index (χ0v) is 9.24. The Morgan fingerprint density at radius 2 is 2.15 bits per heavy atom. The third-order valence-corrected chi connectivity index (χ3v) is 2.19. The minimum Gasteiger partial charge on any atom is -0.321 e. The van der Waals surface area contributed by atoms with Gasteiger partial charge in [0.05, 0.1) is 4.47 Å². The summed E-state index contributed by atoms with van der Waals surface area (Å²) in [5.74, 6) is -0.282. The summed E-state index contributed by atoms with van der Waals surface area (Å²) in [6.45, 7) is 3.56. The molecule has 0 unspecified atom stereocenters. The Morgan fingerprint density at radius 3 is 2.62 bits per heavy atom. The van der Waals surface area contributed by atoms with Crippen LogP contribution in [0.25, 0.3) is 0 Å². The van der Waals surface area contributed by atoms with Gasteiger partial charge in [0.1, 0.15) is 5.82 Å². The normalized spacial score (nSPS) is 11.6. The van der Waals surface area contributed by atoms with Crippen LogP contribution in [0, 0.1) is 5.82 Å². The molecule has 0 aliphatic rings. The van der Waals surface area contributed by atoms with E-state index in [-0.39, 0.29) is 24.3 Å². The average molecular weight is 267 g/mol. The fourth-order valence-electron chi connectivity index (χ4n) is 0.856. The van der Waals surface area contributed by atoms with Crippen molar-refractivity contribution < 1.29 is 4.39 Å². The molecule has 0 aromatic heterocycles. The first-order valence-corrected chi connectivity index (χ1v) is 4.27. The van der Waals surface area contributed by atoms with Gasteiger partial charge < -0.3 is 5.73 Å². The zero-order valence-electron chi connectivity index (χ0n) is 6.84. The molecule has 0 fully saturated rings. The van der Waals surface area contributed by atoms with Gasteiger partial charge in [-0.2, -0.15) is 0 Å². The molecule has 0 aliphatic heterocycles. The van der Waals surface area contributed by atoms with E-state index in [1.165, 1.54) is 6.07 Å². The minimum absolute atomic E-state index is 0. The molecular formula is C9H10BrClFN. The second kappa shape index (κ2) is 5.37. The molecule has 1 nitrogen and oxygen atoms in total. The quantitative estimate of drug-likeness (QED) is 0.818. The first-order chi connectivity index (χ1) is 5.65. The van der Waals surface area contributed by atoms with Crippen LogP contribution in [0.3, 0.4) is 0 Å². The number of rotatable bonds is 2. The lowest BCUT2D eigenvalue weighted by Crippen LogP contribution is -2.06. The lowest BCUT2D eigenvalue weighted by atomic mass is 10.1. The third kappa shape index (κ3) is 3.10. The first-order valence-electron chi connectivity index (χ1n) is 3.48. The van der Waals surface area contributed by atoms with Crippen LogP contribution in [0.1, 0.15) is 11.6 Å². The number of halogens is 3. The van der Waals surface area contributed by atoms with E-state index in [1.807, 2.05) is 0 Å². The Bertz CT molecular complexity index is 304. The maximum absolute atomic E-state index is 12.8. The van der Waals surface area contributed by atoms with Crippen molar-refractivity contribution in [1.29, 1.82) is 0 Å². The Hall–Kier alpha value is -0.380. The van der Waals surface area contributed by atoms with Gasteiger partial charge in [0.15, 0.2) is 0 Å². The number of hydrogen-bond acceptors (Lipinski definition) is 1. The standard InChI is InChI=1S/C9H9BrFN.ClH/c1-2-9(12)6-3-4-8(11)7(10)5-6;/h2-5,9H,1,12H2;1H/t9-;/m1./s1.